The second-order valence-electron chi connectivity index (χ2n) is 6.26. The molecule has 0 unspecified atom stereocenters. The van der Waals surface area contributed by atoms with Crippen molar-refractivity contribution >= 4 is 28.3 Å². The second-order valence-corrected chi connectivity index (χ2v) is 8.20. The molecule has 1 aliphatic carbocycles. The summed E-state index contributed by atoms with van der Waals surface area (Å²) in [5.74, 6) is -0.265. The van der Waals surface area contributed by atoms with Gasteiger partial charge in [-0.3, -0.25) is 4.79 Å². The molecule has 25 heavy (non-hydrogen) atoms. The van der Waals surface area contributed by atoms with Crippen molar-refractivity contribution in [3.63, 3.8) is 0 Å². The monoisotopic (exact) mass is 389 g/mol. The number of nitrogens with one attached hydrogen (secondary N) is 1. The Morgan fingerprint density at radius 3 is 2.36 bits per heavy atom. The van der Waals surface area contributed by atoms with Gasteiger partial charge in [0.2, 0.25) is 10.0 Å². The first kappa shape index (κ1) is 21.9. The minimum absolute atomic E-state index is 0. The lowest BCUT2D eigenvalue weighted by Crippen LogP contribution is -2.51. The van der Waals surface area contributed by atoms with E-state index < -0.39 is 10.0 Å². The summed E-state index contributed by atoms with van der Waals surface area (Å²) >= 11 is 0. The van der Waals surface area contributed by atoms with Crippen molar-refractivity contribution in [1.82, 2.24) is 9.62 Å². The van der Waals surface area contributed by atoms with Gasteiger partial charge in [0.1, 0.15) is 0 Å². The van der Waals surface area contributed by atoms with E-state index in [0.717, 1.165) is 25.7 Å². The van der Waals surface area contributed by atoms with Crippen LogP contribution in [0.4, 0.5) is 0 Å². The maximum Gasteiger partial charge on any atom is 0.251 e. The summed E-state index contributed by atoms with van der Waals surface area (Å²) in [6.07, 6.45) is 3.83. The largest absolute Gasteiger partial charge is 0.345 e. The first-order valence-corrected chi connectivity index (χ1v) is 9.95. The minimum atomic E-state index is -3.58. The van der Waals surface area contributed by atoms with Gasteiger partial charge in [0.15, 0.2) is 0 Å². The molecular formula is C17H28ClN3O3S. The molecule has 0 radical (unpaired) electrons. The van der Waals surface area contributed by atoms with Gasteiger partial charge < -0.3 is 11.1 Å². The molecule has 0 aliphatic heterocycles. The number of carbonyl (C=O) groups is 1. The highest BCUT2D eigenvalue weighted by molar-refractivity contribution is 7.89. The molecule has 8 heteroatoms. The number of rotatable bonds is 7. The van der Waals surface area contributed by atoms with E-state index in [9.17, 15) is 13.2 Å². The van der Waals surface area contributed by atoms with E-state index in [1.807, 2.05) is 0 Å². The highest BCUT2D eigenvalue weighted by Gasteiger charge is 2.34. The number of nitrogens with zero attached hydrogens (tertiary/aromatic N) is 1. The van der Waals surface area contributed by atoms with E-state index in [2.05, 4.69) is 5.32 Å². The molecule has 0 bridgehead atoms. The van der Waals surface area contributed by atoms with Crippen LogP contribution in [-0.2, 0) is 10.0 Å². The average Bonchev–Trinajstić information content (AvgIpc) is 3.05. The van der Waals surface area contributed by atoms with Crippen LogP contribution in [0.2, 0.25) is 0 Å². The molecule has 0 spiro atoms. The molecule has 142 valence electrons. The molecule has 0 atom stereocenters. The van der Waals surface area contributed by atoms with Gasteiger partial charge in [0.05, 0.1) is 10.4 Å². The van der Waals surface area contributed by atoms with Crippen molar-refractivity contribution in [1.29, 1.82) is 0 Å². The van der Waals surface area contributed by atoms with Crippen LogP contribution in [0.25, 0.3) is 0 Å². The second kappa shape index (κ2) is 8.98. The lowest BCUT2D eigenvalue weighted by Gasteiger charge is -2.28. The first-order valence-electron chi connectivity index (χ1n) is 8.51. The van der Waals surface area contributed by atoms with Crippen molar-refractivity contribution in [2.24, 2.45) is 5.73 Å². The van der Waals surface area contributed by atoms with E-state index in [-0.39, 0.29) is 28.7 Å². The Bertz CT molecular complexity index is 684. The number of hydrogen-bond acceptors (Lipinski definition) is 4. The van der Waals surface area contributed by atoms with Gasteiger partial charge in [0.25, 0.3) is 5.91 Å². The molecule has 0 aromatic heterocycles. The topological polar surface area (TPSA) is 92.5 Å². The molecule has 2 rings (SSSR count). The lowest BCUT2D eigenvalue weighted by molar-refractivity contribution is 0.0903. The maximum absolute atomic E-state index is 12.6. The standard InChI is InChI=1S/C17H27N3O3S.ClH/c1-3-20(4-2)24(22,23)15-9-7-8-14(12-15)16(21)19-17(13-18)10-5-6-11-17;/h7-9,12H,3-6,10-11,13,18H2,1-2H3,(H,19,21);1H. The minimum Gasteiger partial charge on any atom is -0.345 e. The Morgan fingerprint density at radius 1 is 1.24 bits per heavy atom. The van der Waals surface area contributed by atoms with Crippen molar-refractivity contribution in [2.45, 2.75) is 50.0 Å². The van der Waals surface area contributed by atoms with Crippen LogP contribution in [-0.4, -0.2) is 43.8 Å². The van der Waals surface area contributed by atoms with Gasteiger partial charge in [-0.05, 0) is 31.0 Å². The predicted molar refractivity (Wildman–Crippen MR) is 102 cm³/mol. The fraction of sp³-hybridized carbons (Fsp3) is 0.588. The van der Waals surface area contributed by atoms with E-state index in [1.54, 1.807) is 26.0 Å². The van der Waals surface area contributed by atoms with Crippen LogP contribution < -0.4 is 11.1 Å². The number of amides is 1. The van der Waals surface area contributed by atoms with Gasteiger partial charge in [-0.25, -0.2) is 8.42 Å². The molecule has 0 saturated heterocycles. The SMILES string of the molecule is CCN(CC)S(=O)(=O)c1cccc(C(=O)NC2(CN)CCCC2)c1.Cl. The van der Waals surface area contributed by atoms with Crippen molar-refractivity contribution in [3.05, 3.63) is 29.8 Å². The molecule has 1 aromatic carbocycles. The maximum atomic E-state index is 12.6. The zero-order chi connectivity index (χ0) is 17.8. The van der Waals surface area contributed by atoms with Crippen molar-refractivity contribution in [3.8, 4) is 0 Å². The van der Waals surface area contributed by atoms with E-state index in [1.165, 1.54) is 16.4 Å². The van der Waals surface area contributed by atoms with Crippen LogP contribution in [0.1, 0.15) is 49.9 Å². The Balaban J connectivity index is 0.00000312. The van der Waals surface area contributed by atoms with Crippen LogP contribution >= 0.6 is 12.4 Å². The fourth-order valence-corrected chi connectivity index (χ4v) is 4.76. The smallest absolute Gasteiger partial charge is 0.251 e. The van der Waals surface area contributed by atoms with Gasteiger partial charge in [-0.15, -0.1) is 12.4 Å². The third-order valence-corrected chi connectivity index (χ3v) is 6.82. The van der Waals surface area contributed by atoms with E-state index in [4.69, 9.17) is 5.73 Å². The number of halogens is 1. The summed E-state index contributed by atoms with van der Waals surface area (Å²) in [7, 11) is -3.58. The summed E-state index contributed by atoms with van der Waals surface area (Å²) in [6, 6.07) is 6.21. The average molecular weight is 390 g/mol. The molecule has 1 fully saturated rings. The Kier molecular flexibility index (Phi) is 7.87. The lowest BCUT2D eigenvalue weighted by atomic mass is 9.97. The van der Waals surface area contributed by atoms with Gasteiger partial charge in [-0.1, -0.05) is 32.8 Å². The van der Waals surface area contributed by atoms with Crippen molar-refractivity contribution in [2.75, 3.05) is 19.6 Å². The number of carbonyl (C=O) groups excluding carboxylic acids is 1. The van der Waals surface area contributed by atoms with Crippen molar-refractivity contribution < 1.29 is 13.2 Å². The molecule has 1 saturated carbocycles. The normalized spacial score (nSPS) is 16.5. The quantitative estimate of drug-likeness (QED) is 0.747. The zero-order valence-electron chi connectivity index (χ0n) is 14.8. The fourth-order valence-electron chi connectivity index (χ4n) is 3.26. The summed E-state index contributed by atoms with van der Waals surface area (Å²) in [5.41, 5.74) is 5.85. The van der Waals surface area contributed by atoms with E-state index >= 15 is 0 Å². The van der Waals surface area contributed by atoms with Gasteiger partial charge in [-0.2, -0.15) is 4.31 Å². The molecule has 3 N–H and O–H groups in total. The summed E-state index contributed by atoms with van der Waals surface area (Å²) < 4.78 is 26.6. The number of sulfonamides is 1. The Morgan fingerprint density at radius 2 is 1.84 bits per heavy atom. The number of nitrogens with two attached hydrogens (primary N) is 1. The van der Waals surface area contributed by atoms with Crippen LogP contribution in [0.3, 0.4) is 0 Å². The summed E-state index contributed by atoms with van der Waals surface area (Å²) in [5, 5.41) is 3.02. The Labute approximate surface area is 156 Å². The summed E-state index contributed by atoms with van der Waals surface area (Å²) in [4.78, 5) is 12.7. The predicted octanol–water partition coefficient (Wildman–Crippen LogP) is 2.14. The number of benzene rings is 1. The highest BCUT2D eigenvalue weighted by Crippen LogP contribution is 2.29. The van der Waals surface area contributed by atoms with Crippen LogP contribution in [0, 0.1) is 0 Å². The molecule has 0 heterocycles. The molecule has 1 aliphatic rings. The molecule has 1 aromatic rings. The van der Waals surface area contributed by atoms with Gasteiger partial charge in [0, 0.05) is 25.2 Å². The third kappa shape index (κ3) is 4.73. The summed E-state index contributed by atoms with van der Waals surface area (Å²) in [6.45, 7) is 4.78. The molecule has 6 nitrogen and oxygen atoms in total. The van der Waals surface area contributed by atoms with E-state index in [0.29, 0.717) is 25.2 Å². The van der Waals surface area contributed by atoms with Crippen LogP contribution in [0.5, 0.6) is 0 Å². The first-order chi connectivity index (χ1) is 11.4. The Hall–Kier alpha value is -1.15. The molecule has 1 amide bonds. The number of hydrogen-bond donors (Lipinski definition) is 2. The highest BCUT2D eigenvalue weighted by atomic mass is 35.5. The van der Waals surface area contributed by atoms with Crippen LogP contribution in [0.15, 0.2) is 29.2 Å². The molecular weight excluding hydrogens is 362 g/mol. The zero-order valence-corrected chi connectivity index (χ0v) is 16.5. The third-order valence-electron chi connectivity index (χ3n) is 4.77. The van der Waals surface area contributed by atoms with Gasteiger partial charge >= 0.3 is 0 Å².